The summed E-state index contributed by atoms with van der Waals surface area (Å²) < 4.78 is 5.05. The Balaban J connectivity index is 3.58. The van der Waals surface area contributed by atoms with E-state index in [2.05, 4.69) is 11.2 Å². The lowest BCUT2D eigenvalue weighted by Gasteiger charge is -2.21. The Bertz CT molecular complexity index is 172. The summed E-state index contributed by atoms with van der Waals surface area (Å²) in [4.78, 5) is 0. The molecule has 0 aliphatic carbocycles. The zero-order valence-electron chi connectivity index (χ0n) is 8.63. The average Bonchev–Trinajstić information content (AvgIpc) is 2.11. The molecule has 1 atom stereocenters. The van der Waals surface area contributed by atoms with E-state index in [1.807, 2.05) is 20.8 Å². The van der Waals surface area contributed by atoms with Crippen molar-refractivity contribution < 1.29 is 9.84 Å². The van der Waals surface area contributed by atoms with Crippen LogP contribution in [0.2, 0.25) is 0 Å². The number of aliphatic hydroxyl groups excluding tert-OH is 1. The third kappa shape index (κ3) is 6.59. The maximum Gasteiger partial charge on any atom is 0.0898 e. The van der Waals surface area contributed by atoms with E-state index in [0.29, 0.717) is 19.8 Å². The molecule has 0 aromatic heterocycles. The molecule has 0 aromatic rings. The van der Waals surface area contributed by atoms with Gasteiger partial charge in [-0.2, -0.15) is 0 Å². The molecule has 0 aromatic carbocycles. The molecule has 13 heavy (non-hydrogen) atoms. The minimum Gasteiger partial charge on any atom is -0.389 e. The lowest BCUT2D eigenvalue weighted by molar-refractivity contribution is 0.0407. The fourth-order valence-corrected chi connectivity index (χ4v) is 0.737. The molecule has 1 unspecified atom stereocenters. The second-order valence-electron chi connectivity index (χ2n) is 3.46. The quantitative estimate of drug-likeness (QED) is 0.588. The van der Waals surface area contributed by atoms with Crippen LogP contribution in [0.3, 0.4) is 0 Å². The van der Waals surface area contributed by atoms with Crippen LogP contribution in [-0.4, -0.2) is 36.5 Å². The number of hydrogen-bond acceptors (Lipinski definition) is 3. The summed E-state index contributed by atoms with van der Waals surface area (Å²) in [5.74, 6) is 2.59. The van der Waals surface area contributed by atoms with Gasteiger partial charge in [0.05, 0.1) is 18.2 Å². The van der Waals surface area contributed by atoms with Gasteiger partial charge in [0.1, 0.15) is 0 Å². The molecule has 0 fully saturated rings. The summed E-state index contributed by atoms with van der Waals surface area (Å²) in [6, 6.07) is 0. The topological polar surface area (TPSA) is 41.5 Å². The van der Waals surface area contributed by atoms with E-state index in [0.717, 1.165) is 0 Å². The van der Waals surface area contributed by atoms with Crippen molar-refractivity contribution in [3.05, 3.63) is 0 Å². The first-order chi connectivity index (χ1) is 6.02. The Labute approximate surface area is 80.5 Å². The smallest absolute Gasteiger partial charge is 0.0898 e. The highest BCUT2D eigenvalue weighted by Gasteiger charge is 2.14. The minimum atomic E-state index is -0.493. The molecule has 0 aliphatic rings. The van der Waals surface area contributed by atoms with Gasteiger partial charge in [0, 0.05) is 13.2 Å². The lowest BCUT2D eigenvalue weighted by atomic mass is 10.1. The first-order valence-electron chi connectivity index (χ1n) is 4.50. The van der Waals surface area contributed by atoms with Crippen molar-refractivity contribution in [2.24, 2.45) is 0 Å². The van der Waals surface area contributed by atoms with E-state index in [-0.39, 0.29) is 5.54 Å². The first-order valence-corrected chi connectivity index (χ1v) is 4.50. The molecule has 0 bridgehead atoms. The van der Waals surface area contributed by atoms with Crippen LogP contribution >= 0.6 is 0 Å². The fraction of sp³-hybridized carbons (Fsp3) is 0.800. The van der Waals surface area contributed by atoms with Crippen LogP contribution in [0.1, 0.15) is 20.8 Å². The Hall–Kier alpha value is -0.560. The van der Waals surface area contributed by atoms with E-state index in [9.17, 15) is 5.11 Å². The molecule has 0 spiro atoms. The Morgan fingerprint density at radius 1 is 1.62 bits per heavy atom. The average molecular weight is 185 g/mol. The van der Waals surface area contributed by atoms with Gasteiger partial charge in [-0.25, -0.2) is 0 Å². The summed E-state index contributed by atoms with van der Waals surface area (Å²) in [6.07, 6.45) is 4.77. The molecule has 0 heterocycles. The zero-order valence-corrected chi connectivity index (χ0v) is 8.63. The summed E-state index contributed by atoms with van der Waals surface area (Å²) >= 11 is 0. The largest absolute Gasteiger partial charge is 0.389 e. The zero-order chi connectivity index (χ0) is 10.3. The molecule has 3 heteroatoms. The molecule has 0 amide bonds. The number of β-amino-alcohol motifs (C(OH)–C–C–N with tert-alkyl or cyclic N) is 1. The van der Waals surface area contributed by atoms with Crippen molar-refractivity contribution in [3.63, 3.8) is 0 Å². The highest BCUT2D eigenvalue weighted by Crippen LogP contribution is 1.98. The summed E-state index contributed by atoms with van der Waals surface area (Å²) in [5, 5.41) is 12.4. The van der Waals surface area contributed by atoms with Gasteiger partial charge in [-0.1, -0.05) is 5.92 Å². The van der Waals surface area contributed by atoms with Gasteiger partial charge in [-0.15, -0.1) is 6.42 Å². The van der Waals surface area contributed by atoms with Gasteiger partial charge in [-0.05, 0) is 20.8 Å². The van der Waals surface area contributed by atoms with Crippen molar-refractivity contribution in [2.75, 3.05) is 19.8 Å². The van der Waals surface area contributed by atoms with E-state index in [4.69, 9.17) is 11.2 Å². The van der Waals surface area contributed by atoms with Crippen LogP contribution in [0, 0.1) is 12.3 Å². The second-order valence-corrected chi connectivity index (χ2v) is 3.46. The van der Waals surface area contributed by atoms with Crippen molar-refractivity contribution >= 4 is 0 Å². The van der Waals surface area contributed by atoms with Crippen molar-refractivity contribution in [1.29, 1.82) is 0 Å². The maximum atomic E-state index is 9.38. The van der Waals surface area contributed by atoms with Gasteiger partial charge in [0.25, 0.3) is 0 Å². The summed E-state index contributed by atoms with van der Waals surface area (Å²) in [5.41, 5.74) is -0.368. The van der Waals surface area contributed by atoms with Gasteiger partial charge < -0.3 is 9.84 Å². The molecular weight excluding hydrogens is 166 g/mol. The number of hydrogen-bond donors (Lipinski definition) is 2. The fourth-order valence-electron chi connectivity index (χ4n) is 0.737. The number of terminal acetylenes is 1. The van der Waals surface area contributed by atoms with Crippen LogP contribution < -0.4 is 5.32 Å². The minimum absolute atomic E-state index is 0.351. The molecule has 3 nitrogen and oxygen atoms in total. The Morgan fingerprint density at radius 2 is 2.23 bits per heavy atom. The monoisotopic (exact) mass is 185 g/mol. The number of nitrogens with one attached hydrogen (secondary N) is 1. The highest BCUT2D eigenvalue weighted by atomic mass is 16.5. The summed E-state index contributed by atoms with van der Waals surface area (Å²) in [7, 11) is 0. The Morgan fingerprint density at radius 3 is 2.69 bits per heavy atom. The Kier molecular flexibility index (Phi) is 5.72. The normalized spacial score (nSPS) is 13.8. The van der Waals surface area contributed by atoms with Gasteiger partial charge >= 0.3 is 0 Å². The third-order valence-electron chi connectivity index (χ3n) is 1.65. The molecule has 0 aliphatic heterocycles. The first kappa shape index (κ1) is 12.4. The molecule has 0 saturated heterocycles. The van der Waals surface area contributed by atoms with Crippen LogP contribution in [-0.2, 0) is 4.74 Å². The van der Waals surface area contributed by atoms with Crippen molar-refractivity contribution in [1.82, 2.24) is 5.32 Å². The van der Waals surface area contributed by atoms with Crippen LogP contribution in [0.15, 0.2) is 0 Å². The number of aliphatic hydroxyl groups is 1. The number of rotatable bonds is 6. The molecule has 0 radical (unpaired) electrons. The predicted octanol–water partition coefficient (Wildman–Crippen LogP) is 0.385. The van der Waals surface area contributed by atoms with E-state index >= 15 is 0 Å². The van der Waals surface area contributed by atoms with Gasteiger partial charge in [-0.3, -0.25) is 5.32 Å². The molecule has 76 valence electrons. The molecule has 2 N–H and O–H groups in total. The third-order valence-corrected chi connectivity index (χ3v) is 1.65. The standard InChI is InChI=1S/C10H19NO2/c1-5-10(3,4)11-7-9(12)8-13-6-2/h1,9,11-12H,6-8H2,2-4H3. The van der Waals surface area contributed by atoms with Crippen LogP contribution in [0.5, 0.6) is 0 Å². The van der Waals surface area contributed by atoms with Crippen molar-refractivity contribution in [3.8, 4) is 12.3 Å². The maximum absolute atomic E-state index is 9.38. The van der Waals surface area contributed by atoms with Crippen molar-refractivity contribution in [2.45, 2.75) is 32.4 Å². The van der Waals surface area contributed by atoms with Gasteiger partial charge in [0.15, 0.2) is 0 Å². The van der Waals surface area contributed by atoms with E-state index in [1.165, 1.54) is 0 Å². The lowest BCUT2D eigenvalue weighted by Crippen LogP contribution is -2.43. The SMILES string of the molecule is C#CC(C)(C)NCC(O)COCC. The van der Waals surface area contributed by atoms with E-state index < -0.39 is 6.10 Å². The summed E-state index contributed by atoms with van der Waals surface area (Å²) in [6.45, 7) is 7.10. The molecule has 0 saturated carbocycles. The second kappa shape index (κ2) is 5.98. The van der Waals surface area contributed by atoms with E-state index in [1.54, 1.807) is 0 Å². The van der Waals surface area contributed by atoms with Crippen LogP contribution in [0.25, 0.3) is 0 Å². The van der Waals surface area contributed by atoms with Crippen LogP contribution in [0.4, 0.5) is 0 Å². The molecule has 0 rings (SSSR count). The molecular formula is C10H19NO2. The predicted molar refractivity (Wildman–Crippen MR) is 53.4 cm³/mol. The highest BCUT2D eigenvalue weighted by molar-refractivity contribution is 5.07. The van der Waals surface area contributed by atoms with Gasteiger partial charge in [0.2, 0.25) is 0 Å². The number of ether oxygens (including phenoxy) is 1.